The highest BCUT2D eigenvalue weighted by Gasteiger charge is 2.24. The predicted molar refractivity (Wildman–Crippen MR) is 126 cm³/mol. The number of carbonyl (C=O) groups excluding carboxylic acids is 1. The van der Waals surface area contributed by atoms with Gasteiger partial charge in [-0.1, -0.05) is 30.3 Å². The van der Waals surface area contributed by atoms with Crippen LogP contribution in [-0.4, -0.2) is 24.7 Å². The fourth-order valence-electron chi connectivity index (χ4n) is 4.06. The van der Waals surface area contributed by atoms with Crippen molar-refractivity contribution in [2.45, 2.75) is 20.0 Å². The summed E-state index contributed by atoms with van der Waals surface area (Å²) in [5.74, 6) is 1.16. The molecule has 0 spiro atoms. The summed E-state index contributed by atoms with van der Waals surface area (Å²) in [5, 5.41) is 0.427. The maximum atomic E-state index is 13.3. The van der Waals surface area contributed by atoms with E-state index in [0.717, 1.165) is 12.1 Å². The standard InChI is InChI=1S/C27H23NO6/c1-17-25(34-20-10-8-19(9-11-20)27(30)31-2)24(29)21-12-13-23-22(26(21)33-17)15-28(16-32-23)14-18-6-4-3-5-7-18/h3-13H,14-16H2,1-2H3. The van der Waals surface area contributed by atoms with Gasteiger partial charge in [0, 0.05) is 13.1 Å². The lowest BCUT2D eigenvalue weighted by atomic mass is 10.1. The number of hydrogen-bond donors (Lipinski definition) is 0. The summed E-state index contributed by atoms with van der Waals surface area (Å²) in [6, 6.07) is 20.0. The molecule has 0 bridgehead atoms. The smallest absolute Gasteiger partial charge is 0.337 e. The topological polar surface area (TPSA) is 78.2 Å². The number of ether oxygens (including phenoxy) is 3. The number of aryl methyl sites for hydroxylation is 1. The minimum Gasteiger partial charge on any atom is -0.478 e. The Kier molecular flexibility index (Phi) is 5.77. The van der Waals surface area contributed by atoms with E-state index in [1.165, 1.54) is 12.7 Å². The molecule has 0 saturated carbocycles. The van der Waals surface area contributed by atoms with Crippen LogP contribution in [0.4, 0.5) is 0 Å². The quantitative estimate of drug-likeness (QED) is 0.389. The van der Waals surface area contributed by atoms with Gasteiger partial charge >= 0.3 is 5.97 Å². The molecule has 1 aliphatic heterocycles. The number of rotatable bonds is 5. The normalized spacial score (nSPS) is 13.2. The second-order valence-corrected chi connectivity index (χ2v) is 8.10. The summed E-state index contributed by atoms with van der Waals surface area (Å²) in [6.07, 6.45) is 0. The van der Waals surface area contributed by atoms with Gasteiger partial charge in [0.25, 0.3) is 0 Å². The minimum absolute atomic E-state index is 0.108. The first-order chi connectivity index (χ1) is 16.5. The lowest BCUT2D eigenvalue weighted by molar-refractivity contribution is 0.0600. The molecule has 0 N–H and O–H groups in total. The Morgan fingerprint density at radius 1 is 1.03 bits per heavy atom. The lowest BCUT2D eigenvalue weighted by Gasteiger charge is -2.29. The largest absolute Gasteiger partial charge is 0.478 e. The third-order valence-corrected chi connectivity index (χ3v) is 5.77. The van der Waals surface area contributed by atoms with Crippen LogP contribution in [0.2, 0.25) is 0 Å². The van der Waals surface area contributed by atoms with Gasteiger partial charge in [-0.25, -0.2) is 4.79 Å². The summed E-state index contributed by atoms with van der Waals surface area (Å²) < 4.78 is 22.6. The summed E-state index contributed by atoms with van der Waals surface area (Å²) in [6.45, 7) is 3.48. The zero-order chi connectivity index (χ0) is 23.7. The molecule has 5 rings (SSSR count). The molecule has 4 aromatic rings. The molecule has 0 aliphatic carbocycles. The van der Waals surface area contributed by atoms with Crippen molar-refractivity contribution in [2.24, 2.45) is 0 Å². The van der Waals surface area contributed by atoms with Crippen LogP contribution in [0.1, 0.15) is 27.2 Å². The van der Waals surface area contributed by atoms with E-state index in [0.29, 0.717) is 47.1 Å². The molecule has 7 nitrogen and oxygen atoms in total. The number of hydrogen-bond acceptors (Lipinski definition) is 7. The van der Waals surface area contributed by atoms with Crippen molar-refractivity contribution in [3.63, 3.8) is 0 Å². The van der Waals surface area contributed by atoms with Crippen LogP contribution >= 0.6 is 0 Å². The summed E-state index contributed by atoms with van der Waals surface area (Å²) in [5.41, 5.74) is 2.66. The SMILES string of the molecule is COC(=O)c1ccc(Oc2c(C)oc3c4c(ccc3c2=O)OCN(Cc2ccccc2)C4)cc1. The van der Waals surface area contributed by atoms with Gasteiger partial charge in [0.05, 0.1) is 23.6 Å². The number of nitrogens with zero attached hydrogens (tertiary/aromatic N) is 1. The molecule has 1 aliphatic rings. The zero-order valence-electron chi connectivity index (χ0n) is 18.9. The monoisotopic (exact) mass is 457 g/mol. The Hall–Kier alpha value is -4.10. The number of methoxy groups -OCH3 is 1. The van der Waals surface area contributed by atoms with Crippen molar-refractivity contribution in [2.75, 3.05) is 13.8 Å². The van der Waals surface area contributed by atoms with Crippen molar-refractivity contribution in [3.05, 3.63) is 99.4 Å². The minimum atomic E-state index is -0.443. The van der Waals surface area contributed by atoms with Gasteiger partial charge in [-0.05, 0) is 48.9 Å². The van der Waals surface area contributed by atoms with Gasteiger partial charge in [-0.3, -0.25) is 9.69 Å². The predicted octanol–water partition coefficient (Wildman–Crippen LogP) is 5.03. The van der Waals surface area contributed by atoms with Crippen LogP contribution in [0.3, 0.4) is 0 Å². The summed E-state index contributed by atoms with van der Waals surface area (Å²) in [7, 11) is 1.32. The molecule has 0 radical (unpaired) electrons. The van der Waals surface area contributed by atoms with Crippen molar-refractivity contribution >= 4 is 16.9 Å². The highest BCUT2D eigenvalue weighted by atomic mass is 16.5. The molecular formula is C27H23NO6. The molecule has 0 atom stereocenters. The van der Waals surface area contributed by atoms with Gasteiger partial charge in [0.15, 0.2) is 0 Å². The Bertz CT molecular complexity index is 1410. The fraction of sp³-hybridized carbons (Fsp3) is 0.185. The number of fused-ring (bicyclic) bond motifs is 3. The van der Waals surface area contributed by atoms with Crippen LogP contribution in [0.25, 0.3) is 11.0 Å². The van der Waals surface area contributed by atoms with Gasteiger partial charge in [-0.15, -0.1) is 0 Å². The first kappa shape index (κ1) is 21.7. The van der Waals surface area contributed by atoms with E-state index in [9.17, 15) is 9.59 Å². The molecule has 0 saturated heterocycles. The number of esters is 1. The molecule has 3 aromatic carbocycles. The van der Waals surface area contributed by atoms with E-state index in [2.05, 4.69) is 17.0 Å². The molecule has 1 aromatic heterocycles. The summed E-state index contributed by atoms with van der Waals surface area (Å²) in [4.78, 5) is 27.1. The Balaban J connectivity index is 1.46. The van der Waals surface area contributed by atoms with Gasteiger partial charge in [-0.2, -0.15) is 0 Å². The van der Waals surface area contributed by atoms with Gasteiger partial charge in [0.1, 0.15) is 29.6 Å². The van der Waals surface area contributed by atoms with Crippen LogP contribution in [-0.2, 0) is 17.8 Å². The van der Waals surface area contributed by atoms with E-state index >= 15 is 0 Å². The fourth-order valence-corrected chi connectivity index (χ4v) is 4.06. The number of carbonyl (C=O) groups is 1. The highest BCUT2D eigenvalue weighted by molar-refractivity contribution is 5.89. The van der Waals surface area contributed by atoms with Crippen molar-refractivity contribution < 1.29 is 23.4 Å². The molecule has 0 amide bonds. The zero-order valence-corrected chi connectivity index (χ0v) is 18.9. The molecule has 0 unspecified atom stereocenters. The third-order valence-electron chi connectivity index (χ3n) is 5.77. The third kappa shape index (κ3) is 4.13. The first-order valence-electron chi connectivity index (χ1n) is 10.9. The molecule has 2 heterocycles. The second-order valence-electron chi connectivity index (χ2n) is 8.10. The van der Waals surface area contributed by atoms with E-state index in [4.69, 9.17) is 18.6 Å². The van der Waals surface area contributed by atoms with E-state index < -0.39 is 5.97 Å². The van der Waals surface area contributed by atoms with Crippen LogP contribution in [0, 0.1) is 6.92 Å². The first-order valence-corrected chi connectivity index (χ1v) is 10.9. The maximum Gasteiger partial charge on any atom is 0.337 e. The Labute approximate surface area is 196 Å². The highest BCUT2D eigenvalue weighted by Crippen LogP contribution is 2.34. The van der Waals surface area contributed by atoms with Gasteiger partial charge in [0.2, 0.25) is 11.2 Å². The molecule has 7 heteroatoms. The van der Waals surface area contributed by atoms with Crippen LogP contribution < -0.4 is 14.9 Å². The second kappa shape index (κ2) is 9.03. The molecule has 172 valence electrons. The Morgan fingerprint density at radius 3 is 2.53 bits per heavy atom. The molecule has 0 fully saturated rings. The van der Waals surface area contributed by atoms with Crippen LogP contribution in [0.5, 0.6) is 17.2 Å². The Morgan fingerprint density at radius 2 is 1.79 bits per heavy atom. The van der Waals surface area contributed by atoms with Crippen molar-refractivity contribution in [1.82, 2.24) is 4.90 Å². The average Bonchev–Trinajstić information content (AvgIpc) is 2.87. The van der Waals surface area contributed by atoms with Gasteiger partial charge < -0.3 is 18.6 Å². The van der Waals surface area contributed by atoms with Crippen molar-refractivity contribution in [1.29, 1.82) is 0 Å². The van der Waals surface area contributed by atoms with Crippen molar-refractivity contribution in [3.8, 4) is 17.2 Å². The molecular weight excluding hydrogens is 434 g/mol. The number of benzene rings is 3. The maximum absolute atomic E-state index is 13.3. The van der Waals surface area contributed by atoms with E-state index in [-0.39, 0.29) is 11.2 Å². The van der Waals surface area contributed by atoms with E-state index in [1.54, 1.807) is 43.3 Å². The molecule has 34 heavy (non-hydrogen) atoms. The summed E-state index contributed by atoms with van der Waals surface area (Å²) >= 11 is 0. The lowest BCUT2D eigenvalue weighted by Crippen LogP contribution is -2.31. The van der Waals surface area contributed by atoms with Crippen LogP contribution in [0.15, 0.2) is 75.9 Å². The average molecular weight is 457 g/mol. The van der Waals surface area contributed by atoms with E-state index in [1.807, 2.05) is 18.2 Å².